The van der Waals surface area contributed by atoms with Gasteiger partial charge >= 0.3 is 0 Å². The van der Waals surface area contributed by atoms with Crippen LogP contribution in [0.2, 0.25) is 0 Å². The molecule has 0 unspecified atom stereocenters. The lowest BCUT2D eigenvalue weighted by molar-refractivity contribution is 0.881. The van der Waals surface area contributed by atoms with Crippen molar-refractivity contribution < 1.29 is 0 Å². The van der Waals surface area contributed by atoms with Crippen molar-refractivity contribution in [2.45, 2.75) is 4.34 Å². The molecule has 0 spiro atoms. The lowest BCUT2D eigenvalue weighted by Crippen LogP contribution is -1.80. The van der Waals surface area contributed by atoms with E-state index in [2.05, 4.69) is 25.6 Å². The van der Waals surface area contributed by atoms with E-state index in [-0.39, 0.29) is 0 Å². The smallest absolute Gasteiger partial charge is 0.198 e. The summed E-state index contributed by atoms with van der Waals surface area (Å²) < 4.78 is 1.02. The van der Waals surface area contributed by atoms with Crippen LogP contribution in [0.5, 0.6) is 0 Å². The molecular formula is C5H5N5S2. The second kappa shape index (κ2) is 3.20. The van der Waals surface area contributed by atoms with E-state index in [1.165, 1.54) is 0 Å². The highest BCUT2D eigenvalue weighted by Crippen LogP contribution is 2.23. The van der Waals surface area contributed by atoms with Gasteiger partial charge in [-0.05, 0) is 16.7 Å². The van der Waals surface area contributed by atoms with Gasteiger partial charge in [-0.15, -0.1) is 16.4 Å². The van der Waals surface area contributed by atoms with Gasteiger partial charge in [0, 0.05) is 5.38 Å². The minimum atomic E-state index is 0.617. The molecule has 0 amide bonds. The number of thiazole rings is 1. The third kappa shape index (κ3) is 1.32. The van der Waals surface area contributed by atoms with E-state index >= 15 is 0 Å². The SMILES string of the molecule is CSc1nc(-c2nnn[nH]2)cs1. The van der Waals surface area contributed by atoms with Gasteiger partial charge in [-0.3, -0.25) is 0 Å². The summed E-state index contributed by atoms with van der Waals surface area (Å²) in [6, 6.07) is 0. The molecule has 12 heavy (non-hydrogen) atoms. The fourth-order valence-electron chi connectivity index (χ4n) is 0.727. The topological polar surface area (TPSA) is 67.3 Å². The second-order valence-corrected chi connectivity index (χ2v) is 3.86. The molecule has 2 rings (SSSR count). The van der Waals surface area contributed by atoms with Crippen LogP contribution in [0.4, 0.5) is 0 Å². The zero-order valence-electron chi connectivity index (χ0n) is 6.18. The zero-order chi connectivity index (χ0) is 8.39. The summed E-state index contributed by atoms with van der Waals surface area (Å²) in [5.41, 5.74) is 0.800. The van der Waals surface area contributed by atoms with E-state index in [9.17, 15) is 0 Å². The highest BCUT2D eigenvalue weighted by molar-refractivity contribution is 8.00. The summed E-state index contributed by atoms with van der Waals surface area (Å²) in [7, 11) is 0. The van der Waals surface area contributed by atoms with Crippen LogP contribution in [-0.4, -0.2) is 31.9 Å². The number of nitrogens with one attached hydrogen (secondary N) is 1. The van der Waals surface area contributed by atoms with Gasteiger partial charge in [0.05, 0.1) is 0 Å². The van der Waals surface area contributed by atoms with Gasteiger partial charge in [-0.2, -0.15) is 0 Å². The third-order valence-electron chi connectivity index (χ3n) is 1.25. The number of rotatable bonds is 2. The van der Waals surface area contributed by atoms with E-state index in [0.29, 0.717) is 5.82 Å². The summed E-state index contributed by atoms with van der Waals surface area (Å²) in [4.78, 5) is 4.28. The van der Waals surface area contributed by atoms with Gasteiger partial charge in [0.2, 0.25) is 0 Å². The molecule has 7 heteroatoms. The second-order valence-electron chi connectivity index (χ2n) is 1.95. The Kier molecular flexibility index (Phi) is 2.05. The van der Waals surface area contributed by atoms with Crippen LogP contribution in [0.15, 0.2) is 9.72 Å². The number of aromatic amines is 1. The van der Waals surface area contributed by atoms with Crippen LogP contribution in [0.25, 0.3) is 11.5 Å². The van der Waals surface area contributed by atoms with E-state index in [1.807, 2.05) is 11.6 Å². The quantitative estimate of drug-likeness (QED) is 0.732. The third-order valence-corrected chi connectivity index (χ3v) is 3.11. The molecule has 0 aliphatic carbocycles. The lowest BCUT2D eigenvalue weighted by Gasteiger charge is -1.83. The highest BCUT2D eigenvalue weighted by atomic mass is 32.2. The largest absolute Gasteiger partial charge is 0.237 e. The maximum atomic E-state index is 4.28. The number of thioether (sulfide) groups is 1. The molecule has 0 aromatic carbocycles. The molecular weight excluding hydrogens is 194 g/mol. The molecule has 0 aliphatic heterocycles. The van der Waals surface area contributed by atoms with Crippen molar-refractivity contribution in [2.75, 3.05) is 6.26 Å². The first-order valence-electron chi connectivity index (χ1n) is 3.14. The maximum Gasteiger partial charge on any atom is 0.198 e. The summed E-state index contributed by atoms with van der Waals surface area (Å²) in [5, 5.41) is 15.3. The summed E-state index contributed by atoms with van der Waals surface area (Å²) in [6.45, 7) is 0. The Morgan fingerprint density at radius 1 is 1.58 bits per heavy atom. The molecule has 1 N–H and O–H groups in total. The molecule has 5 nitrogen and oxygen atoms in total. The predicted octanol–water partition coefficient (Wildman–Crippen LogP) is 1.05. The van der Waals surface area contributed by atoms with E-state index < -0.39 is 0 Å². The number of tetrazole rings is 1. The number of hydrogen-bond acceptors (Lipinski definition) is 6. The van der Waals surface area contributed by atoms with Crippen LogP contribution in [0.1, 0.15) is 0 Å². The molecule has 0 aliphatic rings. The Morgan fingerprint density at radius 3 is 3.08 bits per heavy atom. The van der Waals surface area contributed by atoms with Crippen LogP contribution in [0.3, 0.4) is 0 Å². The summed E-state index contributed by atoms with van der Waals surface area (Å²) in [6.07, 6.45) is 1.99. The minimum Gasteiger partial charge on any atom is -0.237 e. The first kappa shape index (κ1) is 7.69. The van der Waals surface area contributed by atoms with Crippen LogP contribution in [0, 0.1) is 0 Å². The van der Waals surface area contributed by atoms with Gasteiger partial charge < -0.3 is 0 Å². The van der Waals surface area contributed by atoms with Crippen molar-refractivity contribution in [2.24, 2.45) is 0 Å². The molecule has 2 aromatic rings. The first-order valence-corrected chi connectivity index (χ1v) is 5.24. The van der Waals surface area contributed by atoms with E-state index in [0.717, 1.165) is 10.0 Å². The Bertz CT molecular complexity index is 354. The molecule has 0 atom stereocenters. The summed E-state index contributed by atoms with van der Waals surface area (Å²) >= 11 is 3.20. The standard InChI is InChI=1S/C5H5N5S2/c1-11-5-6-3(2-12-5)4-7-9-10-8-4/h2H,1H3,(H,7,8,9,10). The number of nitrogens with zero attached hydrogens (tertiary/aromatic N) is 4. The van der Waals surface area contributed by atoms with Gasteiger partial charge in [0.15, 0.2) is 5.82 Å². The van der Waals surface area contributed by atoms with E-state index in [1.54, 1.807) is 23.1 Å². The van der Waals surface area contributed by atoms with Crippen molar-refractivity contribution in [3.8, 4) is 11.5 Å². The Balaban J connectivity index is 2.35. The van der Waals surface area contributed by atoms with Crippen molar-refractivity contribution >= 4 is 23.1 Å². The van der Waals surface area contributed by atoms with Crippen LogP contribution >= 0.6 is 23.1 Å². The predicted molar refractivity (Wildman–Crippen MR) is 47.1 cm³/mol. The normalized spacial score (nSPS) is 10.4. The average molecular weight is 199 g/mol. The van der Waals surface area contributed by atoms with E-state index in [4.69, 9.17) is 0 Å². The van der Waals surface area contributed by atoms with Crippen molar-refractivity contribution in [1.82, 2.24) is 25.6 Å². The molecule has 0 fully saturated rings. The molecule has 0 radical (unpaired) electrons. The van der Waals surface area contributed by atoms with Gasteiger partial charge in [0.25, 0.3) is 0 Å². The fraction of sp³-hybridized carbons (Fsp3) is 0.200. The van der Waals surface area contributed by atoms with Crippen molar-refractivity contribution in [3.05, 3.63) is 5.38 Å². The van der Waals surface area contributed by atoms with Gasteiger partial charge in [-0.1, -0.05) is 11.8 Å². The molecule has 2 aromatic heterocycles. The summed E-state index contributed by atoms with van der Waals surface area (Å²) in [5.74, 6) is 0.617. The van der Waals surface area contributed by atoms with Gasteiger partial charge in [0.1, 0.15) is 10.0 Å². The minimum absolute atomic E-state index is 0.617. The number of H-pyrrole nitrogens is 1. The zero-order valence-corrected chi connectivity index (χ0v) is 7.82. The van der Waals surface area contributed by atoms with Crippen LogP contribution in [-0.2, 0) is 0 Å². The molecule has 0 saturated heterocycles. The van der Waals surface area contributed by atoms with Gasteiger partial charge in [-0.25, -0.2) is 10.1 Å². The molecule has 2 heterocycles. The van der Waals surface area contributed by atoms with Crippen molar-refractivity contribution in [1.29, 1.82) is 0 Å². The molecule has 62 valence electrons. The monoisotopic (exact) mass is 199 g/mol. The average Bonchev–Trinajstić information content (AvgIpc) is 2.75. The number of hydrogen-bond donors (Lipinski definition) is 1. The number of aromatic nitrogens is 5. The van der Waals surface area contributed by atoms with Crippen molar-refractivity contribution in [3.63, 3.8) is 0 Å². The lowest BCUT2D eigenvalue weighted by atomic mass is 10.5. The first-order chi connectivity index (χ1) is 5.90. The Labute approximate surface area is 76.6 Å². The molecule has 0 saturated carbocycles. The maximum absolute atomic E-state index is 4.28. The van der Waals surface area contributed by atoms with Crippen LogP contribution < -0.4 is 0 Å². The fourth-order valence-corrected chi connectivity index (χ4v) is 1.97. The molecule has 0 bridgehead atoms. The Hall–Kier alpha value is -0.950. The highest BCUT2D eigenvalue weighted by Gasteiger charge is 2.05. The Morgan fingerprint density at radius 2 is 2.50 bits per heavy atom.